The molecule has 2 rings (SSSR count). The van der Waals surface area contributed by atoms with Gasteiger partial charge < -0.3 is 4.74 Å². The Balaban J connectivity index is 2.22. The lowest BCUT2D eigenvalue weighted by atomic mass is 10.0. The van der Waals surface area contributed by atoms with Gasteiger partial charge in [0, 0.05) is 11.6 Å². The summed E-state index contributed by atoms with van der Waals surface area (Å²) in [4.78, 5) is 4.43. The topological polar surface area (TPSA) is 22.1 Å². The van der Waals surface area contributed by atoms with Crippen LogP contribution in [0.5, 0.6) is 5.88 Å². The number of ether oxygens (including phenoxy) is 1. The fourth-order valence-electron chi connectivity index (χ4n) is 1.97. The van der Waals surface area contributed by atoms with E-state index in [1.807, 2.05) is 18.2 Å². The average Bonchev–Trinajstić information content (AvgIpc) is 2.39. The fraction of sp³-hybridized carbons (Fsp3) is 0.312. The van der Waals surface area contributed by atoms with E-state index in [0.29, 0.717) is 11.8 Å². The Kier molecular flexibility index (Phi) is 3.98. The summed E-state index contributed by atoms with van der Waals surface area (Å²) in [6.07, 6.45) is 1.12. The Morgan fingerprint density at radius 1 is 1.06 bits per heavy atom. The lowest BCUT2D eigenvalue weighted by molar-refractivity contribution is 0.398. The highest BCUT2D eigenvalue weighted by Crippen LogP contribution is 2.21. The van der Waals surface area contributed by atoms with Crippen molar-refractivity contribution in [3.8, 4) is 17.1 Å². The zero-order chi connectivity index (χ0) is 13.0. The normalized spacial score (nSPS) is 10.7. The third kappa shape index (κ3) is 3.10. The maximum absolute atomic E-state index is 5.14. The van der Waals surface area contributed by atoms with Crippen LogP contribution in [0.3, 0.4) is 0 Å². The minimum absolute atomic E-state index is 0.652. The maximum Gasteiger partial charge on any atom is 0.213 e. The molecule has 0 saturated carbocycles. The quantitative estimate of drug-likeness (QED) is 0.808. The zero-order valence-corrected chi connectivity index (χ0v) is 11.2. The van der Waals surface area contributed by atoms with Crippen LogP contribution in [0.15, 0.2) is 42.5 Å². The van der Waals surface area contributed by atoms with Gasteiger partial charge in [-0.3, -0.25) is 0 Å². The van der Waals surface area contributed by atoms with Crippen molar-refractivity contribution in [2.45, 2.75) is 20.3 Å². The summed E-state index contributed by atoms with van der Waals surface area (Å²) in [7, 11) is 1.64. The van der Waals surface area contributed by atoms with Gasteiger partial charge in [0.2, 0.25) is 5.88 Å². The first kappa shape index (κ1) is 12.6. The van der Waals surface area contributed by atoms with Crippen molar-refractivity contribution in [1.82, 2.24) is 4.98 Å². The second kappa shape index (κ2) is 5.67. The molecule has 1 heterocycles. The highest BCUT2D eigenvalue weighted by atomic mass is 16.5. The maximum atomic E-state index is 5.14. The largest absolute Gasteiger partial charge is 0.481 e. The molecule has 0 aliphatic rings. The Morgan fingerprint density at radius 2 is 1.78 bits per heavy atom. The Hall–Kier alpha value is -1.83. The van der Waals surface area contributed by atoms with Crippen LogP contribution in [0.2, 0.25) is 0 Å². The van der Waals surface area contributed by atoms with Crippen molar-refractivity contribution in [2.24, 2.45) is 5.92 Å². The molecule has 2 aromatic rings. The second-order valence-electron chi connectivity index (χ2n) is 4.86. The fourth-order valence-corrected chi connectivity index (χ4v) is 1.97. The molecule has 0 N–H and O–H groups in total. The van der Waals surface area contributed by atoms with Crippen LogP contribution in [0.25, 0.3) is 11.3 Å². The van der Waals surface area contributed by atoms with E-state index in [0.717, 1.165) is 17.7 Å². The molecule has 0 aliphatic carbocycles. The van der Waals surface area contributed by atoms with Gasteiger partial charge in [-0.05, 0) is 24.0 Å². The molecule has 94 valence electrons. The summed E-state index contributed by atoms with van der Waals surface area (Å²) in [5.74, 6) is 1.34. The van der Waals surface area contributed by atoms with Crippen LogP contribution in [0.1, 0.15) is 19.4 Å². The van der Waals surface area contributed by atoms with Crippen molar-refractivity contribution >= 4 is 0 Å². The monoisotopic (exact) mass is 241 g/mol. The molecule has 0 unspecified atom stereocenters. The van der Waals surface area contributed by atoms with Gasteiger partial charge in [0.15, 0.2) is 0 Å². The number of benzene rings is 1. The van der Waals surface area contributed by atoms with Crippen LogP contribution in [-0.4, -0.2) is 12.1 Å². The first-order valence-corrected chi connectivity index (χ1v) is 6.29. The number of rotatable bonds is 4. The summed E-state index contributed by atoms with van der Waals surface area (Å²) < 4.78 is 5.14. The van der Waals surface area contributed by atoms with Gasteiger partial charge in [-0.1, -0.05) is 44.2 Å². The summed E-state index contributed by atoms with van der Waals surface area (Å²) in [5.41, 5.74) is 3.45. The molecule has 18 heavy (non-hydrogen) atoms. The molecule has 0 bridgehead atoms. The first-order chi connectivity index (χ1) is 8.69. The second-order valence-corrected chi connectivity index (χ2v) is 4.86. The van der Waals surface area contributed by atoms with E-state index >= 15 is 0 Å². The first-order valence-electron chi connectivity index (χ1n) is 6.29. The molecule has 0 spiro atoms. The predicted molar refractivity (Wildman–Crippen MR) is 74.8 cm³/mol. The van der Waals surface area contributed by atoms with Crippen molar-refractivity contribution in [3.63, 3.8) is 0 Å². The Bertz CT molecular complexity index is 503. The van der Waals surface area contributed by atoms with E-state index in [2.05, 4.69) is 43.1 Å². The van der Waals surface area contributed by atoms with Crippen molar-refractivity contribution < 1.29 is 4.74 Å². The molecule has 2 nitrogen and oxygen atoms in total. The van der Waals surface area contributed by atoms with E-state index in [9.17, 15) is 0 Å². The number of hydrogen-bond donors (Lipinski definition) is 0. The summed E-state index contributed by atoms with van der Waals surface area (Å²) in [6.45, 7) is 4.47. The number of hydrogen-bond acceptors (Lipinski definition) is 2. The Labute approximate surface area is 109 Å². The Morgan fingerprint density at radius 3 is 2.39 bits per heavy atom. The molecule has 0 atom stereocenters. The SMILES string of the molecule is COc1cccc(-c2ccc(CC(C)C)cc2)n1. The number of nitrogens with zero attached hydrogens (tertiary/aromatic N) is 1. The van der Waals surface area contributed by atoms with E-state index < -0.39 is 0 Å². The number of pyridine rings is 1. The minimum atomic E-state index is 0.652. The molecule has 1 aromatic carbocycles. The summed E-state index contributed by atoms with van der Waals surface area (Å²) in [5, 5.41) is 0. The van der Waals surface area contributed by atoms with E-state index in [-0.39, 0.29) is 0 Å². The average molecular weight is 241 g/mol. The van der Waals surface area contributed by atoms with Gasteiger partial charge in [-0.2, -0.15) is 0 Å². The van der Waals surface area contributed by atoms with Gasteiger partial charge in [-0.15, -0.1) is 0 Å². The molecule has 0 radical (unpaired) electrons. The van der Waals surface area contributed by atoms with E-state index in [1.54, 1.807) is 7.11 Å². The van der Waals surface area contributed by atoms with Crippen molar-refractivity contribution in [1.29, 1.82) is 0 Å². The van der Waals surface area contributed by atoms with E-state index in [1.165, 1.54) is 5.56 Å². The van der Waals surface area contributed by atoms with E-state index in [4.69, 9.17) is 4.74 Å². The standard InChI is InChI=1S/C16H19NO/c1-12(2)11-13-7-9-14(10-8-13)15-5-4-6-16(17-15)18-3/h4-10,12H,11H2,1-3H3. The van der Waals surface area contributed by atoms with Crippen molar-refractivity contribution in [3.05, 3.63) is 48.0 Å². The molecular weight excluding hydrogens is 222 g/mol. The van der Waals surface area contributed by atoms with Crippen molar-refractivity contribution in [2.75, 3.05) is 7.11 Å². The lowest BCUT2D eigenvalue weighted by Crippen LogP contribution is -1.94. The molecule has 0 amide bonds. The highest BCUT2D eigenvalue weighted by molar-refractivity contribution is 5.59. The van der Waals surface area contributed by atoms with Gasteiger partial charge >= 0.3 is 0 Å². The van der Waals surface area contributed by atoms with Gasteiger partial charge in [-0.25, -0.2) is 4.98 Å². The zero-order valence-electron chi connectivity index (χ0n) is 11.2. The number of aromatic nitrogens is 1. The van der Waals surface area contributed by atoms with Crippen LogP contribution in [0.4, 0.5) is 0 Å². The third-order valence-electron chi connectivity index (χ3n) is 2.83. The summed E-state index contributed by atoms with van der Waals surface area (Å²) >= 11 is 0. The highest BCUT2D eigenvalue weighted by Gasteiger charge is 2.02. The molecular formula is C16H19NO. The minimum Gasteiger partial charge on any atom is -0.481 e. The third-order valence-corrected chi connectivity index (χ3v) is 2.83. The van der Waals surface area contributed by atoms with Crippen LogP contribution in [-0.2, 0) is 6.42 Å². The smallest absolute Gasteiger partial charge is 0.213 e. The van der Waals surface area contributed by atoms with Gasteiger partial charge in [0.1, 0.15) is 0 Å². The number of methoxy groups -OCH3 is 1. The molecule has 2 heteroatoms. The molecule has 0 saturated heterocycles. The van der Waals surface area contributed by atoms with Gasteiger partial charge in [0.25, 0.3) is 0 Å². The van der Waals surface area contributed by atoms with Gasteiger partial charge in [0.05, 0.1) is 12.8 Å². The van der Waals surface area contributed by atoms with Crippen LogP contribution >= 0.6 is 0 Å². The molecule has 0 aliphatic heterocycles. The van der Waals surface area contributed by atoms with Crippen LogP contribution in [0, 0.1) is 5.92 Å². The van der Waals surface area contributed by atoms with Crippen LogP contribution < -0.4 is 4.74 Å². The summed E-state index contributed by atoms with van der Waals surface area (Å²) in [6, 6.07) is 14.4. The molecule has 1 aromatic heterocycles. The molecule has 0 fully saturated rings. The predicted octanol–water partition coefficient (Wildman–Crippen LogP) is 3.96. The lowest BCUT2D eigenvalue weighted by Gasteiger charge is -2.07.